The number of benzene rings is 3. The van der Waals surface area contributed by atoms with Crippen LogP contribution >= 0.6 is 27.5 Å². The van der Waals surface area contributed by atoms with Crippen LogP contribution in [0, 0.1) is 24.1 Å². The molecule has 3 aromatic rings. The van der Waals surface area contributed by atoms with Gasteiger partial charge in [0.15, 0.2) is 0 Å². The van der Waals surface area contributed by atoms with Crippen LogP contribution in [0.25, 0.3) is 6.08 Å². The van der Waals surface area contributed by atoms with Crippen molar-refractivity contribution in [3.05, 3.63) is 104 Å². The molecule has 3 rings (SSSR count). The highest BCUT2D eigenvalue weighted by Gasteiger charge is 2.13. The van der Waals surface area contributed by atoms with Crippen molar-refractivity contribution in [2.75, 3.05) is 5.32 Å². The van der Waals surface area contributed by atoms with E-state index in [1.807, 2.05) is 12.1 Å². The van der Waals surface area contributed by atoms with Gasteiger partial charge in [0.05, 0.1) is 0 Å². The number of anilines is 1. The van der Waals surface area contributed by atoms with Gasteiger partial charge in [0.25, 0.3) is 5.91 Å². The molecule has 0 atom stereocenters. The van der Waals surface area contributed by atoms with Crippen molar-refractivity contribution >= 4 is 45.2 Å². The van der Waals surface area contributed by atoms with Crippen LogP contribution in [0.2, 0.25) is 5.02 Å². The predicted octanol–water partition coefficient (Wildman–Crippen LogP) is 6.69. The van der Waals surface area contributed by atoms with Gasteiger partial charge < -0.3 is 5.32 Å². The molecule has 150 valence electrons. The van der Waals surface area contributed by atoms with Crippen molar-refractivity contribution in [2.24, 2.45) is 0 Å². The maximum absolute atomic E-state index is 13.9. The average molecular weight is 484 g/mol. The van der Waals surface area contributed by atoms with E-state index in [0.29, 0.717) is 28.3 Å². The fraction of sp³-hybridized carbons (Fsp3) is 0.0833. The number of hydrogen-bond donors (Lipinski definition) is 1. The highest BCUT2D eigenvalue weighted by atomic mass is 79.9. The van der Waals surface area contributed by atoms with Gasteiger partial charge >= 0.3 is 0 Å². The molecule has 0 unspecified atom stereocenters. The van der Waals surface area contributed by atoms with Crippen molar-refractivity contribution in [2.45, 2.75) is 13.3 Å². The topological polar surface area (TPSA) is 52.9 Å². The second-order valence-corrected chi connectivity index (χ2v) is 7.92. The Morgan fingerprint density at radius 2 is 1.93 bits per heavy atom. The van der Waals surface area contributed by atoms with Crippen molar-refractivity contribution in [1.82, 2.24) is 0 Å². The summed E-state index contributed by atoms with van der Waals surface area (Å²) in [5, 5.41) is 12.7. The Kier molecular flexibility index (Phi) is 7.04. The molecule has 1 amide bonds. The minimum absolute atomic E-state index is 0.0388. The molecular formula is C24H17BrClFN2O. The molecule has 3 aromatic carbocycles. The lowest BCUT2D eigenvalue weighted by Crippen LogP contribution is -2.14. The van der Waals surface area contributed by atoms with Gasteiger partial charge in [-0.3, -0.25) is 4.79 Å². The SMILES string of the molecule is Cc1c(Cl)cccc1NC(=O)/C(C#N)=C/c1ccc(Cc2ccccc2F)c(Br)c1. The zero-order valence-corrected chi connectivity index (χ0v) is 18.4. The number of nitrogens with one attached hydrogen (secondary N) is 1. The molecule has 0 spiro atoms. The summed E-state index contributed by atoms with van der Waals surface area (Å²) in [6, 6.07) is 19.2. The molecule has 0 saturated carbocycles. The van der Waals surface area contributed by atoms with Crippen LogP contribution in [-0.4, -0.2) is 5.91 Å². The number of carbonyl (C=O) groups excluding carboxylic acids is 1. The van der Waals surface area contributed by atoms with Crippen LogP contribution in [0.1, 0.15) is 22.3 Å². The molecule has 0 aliphatic heterocycles. The quantitative estimate of drug-likeness (QED) is 0.325. The van der Waals surface area contributed by atoms with E-state index >= 15 is 0 Å². The van der Waals surface area contributed by atoms with Crippen LogP contribution in [0.3, 0.4) is 0 Å². The van der Waals surface area contributed by atoms with Gasteiger partial charge in [0.2, 0.25) is 0 Å². The van der Waals surface area contributed by atoms with Gasteiger partial charge in [0, 0.05) is 21.6 Å². The molecule has 0 heterocycles. The third-order valence-electron chi connectivity index (χ3n) is 4.61. The van der Waals surface area contributed by atoms with E-state index in [1.54, 1.807) is 55.5 Å². The zero-order chi connectivity index (χ0) is 21.7. The minimum atomic E-state index is -0.519. The van der Waals surface area contributed by atoms with E-state index in [0.717, 1.165) is 15.6 Å². The normalized spacial score (nSPS) is 11.1. The monoisotopic (exact) mass is 482 g/mol. The summed E-state index contributed by atoms with van der Waals surface area (Å²) in [5.41, 5.74) is 3.40. The summed E-state index contributed by atoms with van der Waals surface area (Å²) in [5.74, 6) is -0.775. The summed E-state index contributed by atoms with van der Waals surface area (Å²) in [4.78, 5) is 12.5. The van der Waals surface area contributed by atoms with Crippen molar-refractivity contribution in [3.8, 4) is 6.07 Å². The maximum Gasteiger partial charge on any atom is 0.266 e. The summed E-state index contributed by atoms with van der Waals surface area (Å²) in [6.45, 7) is 1.79. The first-order chi connectivity index (χ1) is 14.4. The fourth-order valence-corrected chi connectivity index (χ4v) is 3.60. The third kappa shape index (κ3) is 5.15. The van der Waals surface area contributed by atoms with Crippen molar-refractivity contribution < 1.29 is 9.18 Å². The Morgan fingerprint density at radius 3 is 2.63 bits per heavy atom. The molecule has 30 heavy (non-hydrogen) atoms. The molecule has 0 aliphatic carbocycles. The van der Waals surface area contributed by atoms with E-state index in [4.69, 9.17) is 11.6 Å². The Bertz CT molecular complexity index is 1180. The molecule has 1 N–H and O–H groups in total. The Hall–Kier alpha value is -2.94. The summed E-state index contributed by atoms with van der Waals surface area (Å²) >= 11 is 9.58. The van der Waals surface area contributed by atoms with E-state index in [9.17, 15) is 14.4 Å². The number of carbonyl (C=O) groups is 1. The van der Waals surface area contributed by atoms with Crippen LogP contribution < -0.4 is 5.32 Å². The molecule has 0 saturated heterocycles. The van der Waals surface area contributed by atoms with Gasteiger partial charge in [-0.1, -0.05) is 63.9 Å². The Morgan fingerprint density at radius 1 is 1.17 bits per heavy atom. The number of nitrogens with zero attached hydrogens (tertiary/aromatic N) is 1. The smallest absolute Gasteiger partial charge is 0.266 e. The fourth-order valence-electron chi connectivity index (χ4n) is 2.89. The number of rotatable bonds is 5. The zero-order valence-electron chi connectivity index (χ0n) is 16.0. The highest BCUT2D eigenvalue weighted by molar-refractivity contribution is 9.10. The van der Waals surface area contributed by atoms with Crippen LogP contribution in [0.5, 0.6) is 0 Å². The minimum Gasteiger partial charge on any atom is -0.321 e. The van der Waals surface area contributed by atoms with Gasteiger partial charge in [-0.25, -0.2) is 4.39 Å². The van der Waals surface area contributed by atoms with Gasteiger partial charge in [-0.2, -0.15) is 5.26 Å². The van der Waals surface area contributed by atoms with Crippen molar-refractivity contribution in [3.63, 3.8) is 0 Å². The van der Waals surface area contributed by atoms with Gasteiger partial charge in [-0.15, -0.1) is 0 Å². The van der Waals surface area contributed by atoms with Crippen LogP contribution in [0.4, 0.5) is 10.1 Å². The lowest BCUT2D eigenvalue weighted by atomic mass is 10.0. The number of halogens is 3. The molecule has 0 aromatic heterocycles. The molecule has 3 nitrogen and oxygen atoms in total. The van der Waals surface area contributed by atoms with Crippen molar-refractivity contribution in [1.29, 1.82) is 5.26 Å². The summed E-state index contributed by atoms with van der Waals surface area (Å²) in [6.07, 6.45) is 1.93. The third-order valence-corrected chi connectivity index (χ3v) is 5.76. The van der Waals surface area contributed by atoms with E-state index in [2.05, 4.69) is 21.2 Å². The van der Waals surface area contributed by atoms with Gasteiger partial charge in [-0.05, 0) is 59.5 Å². The first kappa shape index (κ1) is 21.8. The largest absolute Gasteiger partial charge is 0.321 e. The predicted molar refractivity (Wildman–Crippen MR) is 122 cm³/mol. The molecule has 0 fully saturated rings. The first-order valence-corrected chi connectivity index (χ1v) is 10.3. The number of amides is 1. The molecule has 0 radical (unpaired) electrons. The van der Waals surface area contributed by atoms with Crippen LogP contribution in [0.15, 0.2) is 70.7 Å². The lowest BCUT2D eigenvalue weighted by Gasteiger charge is -2.09. The van der Waals surface area contributed by atoms with E-state index in [-0.39, 0.29) is 11.4 Å². The van der Waals surface area contributed by atoms with Crippen LogP contribution in [-0.2, 0) is 11.2 Å². The second-order valence-electron chi connectivity index (χ2n) is 6.66. The standard InChI is InChI=1S/C24H17BrClFN2O/c1-15-21(26)6-4-8-23(15)29-24(30)19(14-28)11-16-9-10-17(20(25)12-16)13-18-5-2-3-7-22(18)27/h2-12H,13H2,1H3,(H,29,30)/b19-11+. The van der Waals surface area contributed by atoms with E-state index in [1.165, 1.54) is 12.1 Å². The lowest BCUT2D eigenvalue weighted by molar-refractivity contribution is -0.112. The molecule has 0 aliphatic rings. The Labute approximate surface area is 187 Å². The molecule has 6 heteroatoms. The second kappa shape index (κ2) is 9.71. The highest BCUT2D eigenvalue weighted by Crippen LogP contribution is 2.25. The summed E-state index contributed by atoms with van der Waals surface area (Å²) in [7, 11) is 0. The number of hydrogen-bond acceptors (Lipinski definition) is 2. The van der Waals surface area contributed by atoms with E-state index < -0.39 is 5.91 Å². The molecular weight excluding hydrogens is 467 g/mol. The first-order valence-electron chi connectivity index (χ1n) is 9.09. The number of nitriles is 1. The molecule has 0 bridgehead atoms. The Balaban J connectivity index is 1.81. The van der Waals surface area contributed by atoms with Gasteiger partial charge in [0.1, 0.15) is 17.5 Å². The summed E-state index contributed by atoms with van der Waals surface area (Å²) < 4.78 is 14.7. The maximum atomic E-state index is 13.9. The average Bonchev–Trinajstić information content (AvgIpc) is 2.73.